The number of alkyl carbamates (subject to hydrolysis) is 1. The monoisotopic (exact) mass is 446 g/mol. The SMILES string of the molecule is CCCCNC(=O)C(c1cccc(C)c1)N(CC#N)C(=O)C(CO)NC(=O)OC(C)(C)C. The Bertz CT molecular complexity index is 828. The van der Waals surface area contributed by atoms with E-state index < -0.39 is 48.7 Å². The fourth-order valence-electron chi connectivity index (χ4n) is 3.01. The van der Waals surface area contributed by atoms with Crippen molar-refractivity contribution in [2.75, 3.05) is 19.7 Å². The van der Waals surface area contributed by atoms with E-state index in [1.165, 1.54) is 0 Å². The molecule has 3 N–H and O–H groups in total. The Morgan fingerprint density at radius 1 is 1.28 bits per heavy atom. The molecule has 0 saturated heterocycles. The number of rotatable bonds is 10. The molecular formula is C23H34N4O5. The van der Waals surface area contributed by atoms with E-state index in [2.05, 4.69) is 10.6 Å². The molecule has 2 atom stereocenters. The highest BCUT2D eigenvalue weighted by molar-refractivity contribution is 5.92. The zero-order valence-corrected chi connectivity index (χ0v) is 19.5. The van der Waals surface area contributed by atoms with Crippen LogP contribution in [0.4, 0.5) is 4.79 Å². The number of hydrogen-bond donors (Lipinski definition) is 3. The van der Waals surface area contributed by atoms with Crippen molar-refractivity contribution in [2.45, 2.75) is 65.1 Å². The first kappa shape index (κ1) is 26.9. The molecule has 32 heavy (non-hydrogen) atoms. The number of aryl methyl sites for hydroxylation is 1. The summed E-state index contributed by atoms with van der Waals surface area (Å²) in [5.41, 5.74) is 0.600. The summed E-state index contributed by atoms with van der Waals surface area (Å²) >= 11 is 0. The quantitative estimate of drug-likeness (QED) is 0.373. The lowest BCUT2D eigenvalue weighted by atomic mass is 10.0. The number of unbranched alkanes of at least 4 members (excludes halogenated alkanes) is 1. The third-order valence-corrected chi connectivity index (χ3v) is 4.44. The van der Waals surface area contributed by atoms with Crippen LogP contribution in [-0.2, 0) is 14.3 Å². The number of carbonyl (C=O) groups excluding carboxylic acids is 3. The van der Waals surface area contributed by atoms with Crippen molar-refractivity contribution in [1.82, 2.24) is 15.5 Å². The number of nitrogens with zero attached hydrogens (tertiary/aromatic N) is 2. The summed E-state index contributed by atoms with van der Waals surface area (Å²) in [7, 11) is 0. The van der Waals surface area contributed by atoms with E-state index in [0.717, 1.165) is 23.3 Å². The largest absolute Gasteiger partial charge is 0.444 e. The second kappa shape index (κ2) is 12.7. The minimum absolute atomic E-state index is 0.412. The number of aliphatic hydroxyl groups excluding tert-OH is 1. The molecule has 1 aromatic carbocycles. The van der Waals surface area contributed by atoms with Crippen molar-refractivity contribution >= 4 is 17.9 Å². The Balaban J connectivity index is 3.27. The van der Waals surface area contributed by atoms with Gasteiger partial charge in [-0.25, -0.2) is 4.79 Å². The van der Waals surface area contributed by atoms with Gasteiger partial charge in [0.2, 0.25) is 11.8 Å². The van der Waals surface area contributed by atoms with Gasteiger partial charge in [-0.2, -0.15) is 5.26 Å². The summed E-state index contributed by atoms with van der Waals surface area (Å²) < 4.78 is 5.16. The van der Waals surface area contributed by atoms with Gasteiger partial charge in [-0.05, 0) is 39.7 Å². The second-order valence-corrected chi connectivity index (χ2v) is 8.47. The van der Waals surface area contributed by atoms with Crippen molar-refractivity contribution in [1.29, 1.82) is 5.26 Å². The fourth-order valence-corrected chi connectivity index (χ4v) is 3.01. The van der Waals surface area contributed by atoms with Crippen LogP contribution in [0.1, 0.15) is 57.7 Å². The maximum Gasteiger partial charge on any atom is 0.408 e. The molecule has 3 amide bonds. The highest BCUT2D eigenvalue weighted by Gasteiger charge is 2.36. The van der Waals surface area contributed by atoms with Gasteiger partial charge in [-0.1, -0.05) is 43.2 Å². The molecule has 0 heterocycles. The lowest BCUT2D eigenvalue weighted by molar-refractivity contribution is -0.142. The van der Waals surface area contributed by atoms with Gasteiger partial charge in [-0.15, -0.1) is 0 Å². The molecule has 1 rings (SSSR count). The van der Waals surface area contributed by atoms with Gasteiger partial charge in [0.25, 0.3) is 0 Å². The van der Waals surface area contributed by atoms with Crippen LogP contribution in [0.15, 0.2) is 24.3 Å². The van der Waals surface area contributed by atoms with Crippen molar-refractivity contribution in [3.8, 4) is 6.07 Å². The van der Waals surface area contributed by atoms with Crippen molar-refractivity contribution in [3.05, 3.63) is 35.4 Å². The number of ether oxygens (including phenoxy) is 1. The van der Waals surface area contributed by atoms with Gasteiger partial charge in [0.15, 0.2) is 0 Å². The average Bonchev–Trinajstić information content (AvgIpc) is 2.70. The van der Waals surface area contributed by atoms with E-state index in [0.29, 0.717) is 12.1 Å². The van der Waals surface area contributed by atoms with Crippen LogP contribution >= 0.6 is 0 Å². The maximum absolute atomic E-state index is 13.3. The number of nitriles is 1. The molecule has 0 aromatic heterocycles. The molecule has 9 heteroatoms. The lowest BCUT2D eigenvalue weighted by Crippen LogP contribution is -2.54. The van der Waals surface area contributed by atoms with Gasteiger partial charge in [0, 0.05) is 6.54 Å². The Labute approximate surface area is 189 Å². The molecule has 2 unspecified atom stereocenters. The number of aliphatic hydroxyl groups is 1. The first-order chi connectivity index (χ1) is 15.0. The molecule has 0 spiro atoms. The molecule has 0 radical (unpaired) electrons. The Morgan fingerprint density at radius 3 is 2.50 bits per heavy atom. The smallest absolute Gasteiger partial charge is 0.408 e. The number of amides is 3. The first-order valence-electron chi connectivity index (χ1n) is 10.7. The van der Waals surface area contributed by atoms with Crippen LogP contribution in [0.3, 0.4) is 0 Å². The lowest BCUT2D eigenvalue weighted by Gasteiger charge is -2.32. The Hall–Kier alpha value is -3.12. The summed E-state index contributed by atoms with van der Waals surface area (Å²) in [6.45, 7) is 8.13. The van der Waals surface area contributed by atoms with E-state index in [9.17, 15) is 24.8 Å². The van der Waals surface area contributed by atoms with Crippen LogP contribution in [0, 0.1) is 18.3 Å². The molecule has 176 valence electrons. The summed E-state index contributed by atoms with van der Waals surface area (Å²) in [5.74, 6) is -1.21. The maximum atomic E-state index is 13.3. The molecule has 1 aromatic rings. The second-order valence-electron chi connectivity index (χ2n) is 8.47. The minimum atomic E-state index is -1.38. The average molecular weight is 447 g/mol. The minimum Gasteiger partial charge on any atom is -0.444 e. The summed E-state index contributed by atoms with van der Waals surface area (Å²) in [6.07, 6.45) is 0.752. The van der Waals surface area contributed by atoms with E-state index >= 15 is 0 Å². The van der Waals surface area contributed by atoms with E-state index in [4.69, 9.17) is 4.74 Å². The standard InChI is InChI=1S/C23H34N4O5/c1-6-7-12-25-20(29)19(17-10-8-9-16(2)14-17)27(13-11-24)21(30)18(15-28)26-22(31)32-23(3,4)5/h8-10,14,18-19,28H,6-7,12-13,15H2,1-5H3,(H,25,29)(H,26,31). The highest BCUT2D eigenvalue weighted by atomic mass is 16.6. The summed E-state index contributed by atoms with van der Waals surface area (Å²) in [6, 6.07) is 6.49. The van der Waals surface area contributed by atoms with Crippen LogP contribution < -0.4 is 10.6 Å². The van der Waals surface area contributed by atoms with Crippen molar-refractivity contribution in [3.63, 3.8) is 0 Å². The molecule has 0 aliphatic rings. The van der Waals surface area contributed by atoms with Gasteiger partial charge >= 0.3 is 6.09 Å². The molecule has 0 saturated carbocycles. The van der Waals surface area contributed by atoms with Crippen molar-refractivity contribution < 1.29 is 24.2 Å². The normalized spacial score (nSPS) is 12.8. The number of benzene rings is 1. The van der Waals surface area contributed by atoms with Gasteiger partial charge < -0.3 is 25.4 Å². The Kier molecular flexibility index (Phi) is 10.7. The Morgan fingerprint density at radius 2 is 1.97 bits per heavy atom. The predicted molar refractivity (Wildman–Crippen MR) is 119 cm³/mol. The third-order valence-electron chi connectivity index (χ3n) is 4.44. The summed E-state index contributed by atoms with van der Waals surface area (Å²) in [5, 5.41) is 24.3. The zero-order valence-electron chi connectivity index (χ0n) is 19.5. The van der Waals surface area contributed by atoms with E-state index in [1.807, 2.05) is 26.0 Å². The summed E-state index contributed by atoms with van der Waals surface area (Å²) in [4.78, 5) is 39.6. The molecule has 0 fully saturated rings. The molecular weight excluding hydrogens is 412 g/mol. The van der Waals surface area contributed by atoms with Crippen LogP contribution in [0.25, 0.3) is 0 Å². The predicted octanol–water partition coefficient (Wildman–Crippen LogP) is 2.19. The van der Waals surface area contributed by atoms with Gasteiger partial charge in [-0.3, -0.25) is 9.59 Å². The van der Waals surface area contributed by atoms with Crippen molar-refractivity contribution in [2.24, 2.45) is 0 Å². The van der Waals surface area contributed by atoms with Crippen LogP contribution in [-0.4, -0.2) is 59.3 Å². The van der Waals surface area contributed by atoms with E-state index in [1.54, 1.807) is 39.0 Å². The van der Waals surface area contributed by atoms with Crippen LogP contribution in [0.2, 0.25) is 0 Å². The number of hydrogen-bond acceptors (Lipinski definition) is 6. The molecule has 0 aliphatic heterocycles. The molecule has 0 bridgehead atoms. The van der Waals surface area contributed by atoms with Gasteiger partial charge in [0.05, 0.1) is 12.7 Å². The molecule has 9 nitrogen and oxygen atoms in total. The zero-order chi connectivity index (χ0) is 24.3. The van der Waals surface area contributed by atoms with Crippen LogP contribution in [0.5, 0.6) is 0 Å². The third kappa shape index (κ3) is 8.55. The highest BCUT2D eigenvalue weighted by Crippen LogP contribution is 2.23. The first-order valence-corrected chi connectivity index (χ1v) is 10.7. The number of nitrogens with one attached hydrogen (secondary N) is 2. The fraction of sp³-hybridized carbons (Fsp3) is 0.565. The molecule has 0 aliphatic carbocycles. The van der Waals surface area contributed by atoms with Gasteiger partial charge in [0.1, 0.15) is 24.2 Å². The number of carbonyl (C=O) groups is 3. The topological polar surface area (TPSA) is 132 Å². The van der Waals surface area contributed by atoms with E-state index in [-0.39, 0.29) is 0 Å².